The van der Waals surface area contributed by atoms with E-state index in [4.69, 9.17) is 15.2 Å². The Bertz CT molecular complexity index is 1130. The smallest absolute Gasteiger partial charge is 0.275 e. The molecule has 8 nitrogen and oxygen atoms in total. The van der Waals surface area contributed by atoms with Gasteiger partial charge in [-0.15, -0.1) is 0 Å². The van der Waals surface area contributed by atoms with E-state index in [1.165, 1.54) is 30.2 Å². The Morgan fingerprint density at radius 3 is 2.74 bits per heavy atom. The summed E-state index contributed by atoms with van der Waals surface area (Å²) < 4.78 is 40.1. The number of hydrogen-bond donors (Lipinski definition) is 2. The predicted octanol–water partition coefficient (Wildman–Crippen LogP) is 3.72. The largest absolute Gasteiger partial charge is 0.476 e. The van der Waals surface area contributed by atoms with Crippen molar-refractivity contribution in [2.75, 3.05) is 25.6 Å². The summed E-state index contributed by atoms with van der Waals surface area (Å²) in [5.41, 5.74) is 5.06. The molecule has 1 aliphatic heterocycles. The standard InChI is InChI=1S/C23H27F2N5O3S/c1-12(2)10-33-18-9-27-16(8-28-18)20(31)29-13-5-14(19(25)15(24)6-13)22(3)17-7-23(17,11-32-4)34-21(26)30-22/h5-6,8-9,12,17H,7,10-11H2,1-4H3,(H2,26,30)(H,29,31)/t17-,22-,23+/m0/s1. The first-order chi connectivity index (χ1) is 16.1. The number of nitrogens with one attached hydrogen (secondary N) is 1. The van der Waals surface area contributed by atoms with Crippen molar-refractivity contribution < 1.29 is 23.0 Å². The molecule has 2 heterocycles. The lowest BCUT2D eigenvalue weighted by molar-refractivity contribution is 0.102. The zero-order valence-corrected chi connectivity index (χ0v) is 20.2. The third-order valence-corrected chi connectivity index (χ3v) is 7.27. The number of carbonyl (C=O) groups is 1. The van der Waals surface area contributed by atoms with E-state index in [9.17, 15) is 9.18 Å². The van der Waals surface area contributed by atoms with Crippen LogP contribution in [0.25, 0.3) is 0 Å². The molecule has 4 rings (SSSR count). The molecule has 0 radical (unpaired) electrons. The minimum atomic E-state index is -1.10. The molecule has 1 saturated carbocycles. The highest BCUT2D eigenvalue weighted by Gasteiger charge is 2.66. The van der Waals surface area contributed by atoms with Gasteiger partial charge in [0.15, 0.2) is 16.8 Å². The number of aromatic nitrogens is 2. The zero-order valence-electron chi connectivity index (χ0n) is 19.4. The molecule has 0 bridgehead atoms. The molecule has 1 aromatic carbocycles. The number of aliphatic imine (C=N–C) groups is 1. The molecule has 0 saturated heterocycles. The molecular weight excluding hydrogens is 464 g/mol. The molecule has 34 heavy (non-hydrogen) atoms. The summed E-state index contributed by atoms with van der Waals surface area (Å²) in [4.78, 5) is 25.3. The van der Waals surface area contributed by atoms with Crippen LogP contribution < -0.4 is 15.8 Å². The first kappa shape index (κ1) is 24.3. The minimum Gasteiger partial charge on any atom is -0.476 e. The Morgan fingerprint density at radius 2 is 2.09 bits per heavy atom. The maximum atomic E-state index is 15.0. The molecule has 1 aromatic heterocycles. The summed E-state index contributed by atoms with van der Waals surface area (Å²) in [7, 11) is 1.59. The van der Waals surface area contributed by atoms with Crippen molar-refractivity contribution in [3.05, 3.63) is 47.4 Å². The number of rotatable bonds is 8. The number of carbonyl (C=O) groups excluding carboxylic acids is 1. The number of nitrogens with zero attached hydrogens (tertiary/aromatic N) is 3. The summed E-state index contributed by atoms with van der Waals surface area (Å²) in [5.74, 6) is -2.22. The number of halogens is 2. The summed E-state index contributed by atoms with van der Waals surface area (Å²) >= 11 is 1.40. The van der Waals surface area contributed by atoms with Gasteiger partial charge in [-0.3, -0.25) is 9.79 Å². The van der Waals surface area contributed by atoms with Crippen LogP contribution in [0.4, 0.5) is 14.5 Å². The SMILES string of the molecule is COC[C@]12C[C@H]1[C@](C)(c1cc(NC(=O)c3cnc(OCC(C)C)cn3)cc(F)c1F)N=C(N)S2. The number of thioether (sulfide) groups is 1. The molecular formula is C23H27F2N5O3S. The second-order valence-corrected chi connectivity index (χ2v) is 10.6. The van der Waals surface area contributed by atoms with Crippen LogP contribution in [0.5, 0.6) is 5.88 Å². The zero-order chi connectivity index (χ0) is 24.7. The Labute approximate surface area is 200 Å². The summed E-state index contributed by atoms with van der Waals surface area (Å²) in [6.07, 6.45) is 3.30. The van der Waals surface area contributed by atoms with Gasteiger partial charge in [0.05, 0.1) is 35.9 Å². The first-order valence-corrected chi connectivity index (χ1v) is 11.7. The monoisotopic (exact) mass is 491 g/mol. The number of nitrogens with two attached hydrogens (primary N) is 1. The van der Waals surface area contributed by atoms with Crippen molar-refractivity contribution in [3.63, 3.8) is 0 Å². The Morgan fingerprint density at radius 1 is 1.32 bits per heavy atom. The maximum Gasteiger partial charge on any atom is 0.275 e. The van der Waals surface area contributed by atoms with E-state index in [2.05, 4.69) is 20.3 Å². The van der Waals surface area contributed by atoms with Gasteiger partial charge in [0.25, 0.3) is 5.91 Å². The van der Waals surface area contributed by atoms with Crippen molar-refractivity contribution in [1.82, 2.24) is 9.97 Å². The highest BCUT2D eigenvalue weighted by atomic mass is 32.2. The summed E-state index contributed by atoms with van der Waals surface area (Å²) in [6.45, 7) is 6.61. The third-order valence-electron chi connectivity index (χ3n) is 6.00. The van der Waals surface area contributed by atoms with Crippen molar-refractivity contribution in [2.24, 2.45) is 22.6 Å². The van der Waals surface area contributed by atoms with Gasteiger partial charge in [0.1, 0.15) is 5.69 Å². The van der Waals surface area contributed by atoms with Gasteiger partial charge < -0.3 is 20.5 Å². The van der Waals surface area contributed by atoms with Gasteiger partial charge in [-0.2, -0.15) is 0 Å². The average molecular weight is 492 g/mol. The fourth-order valence-electron chi connectivity index (χ4n) is 4.31. The van der Waals surface area contributed by atoms with Crippen LogP contribution in [0, 0.1) is 23.5 Å². The van der Waals surface area contributed by atoms with Crippen molar-refractivity contribution in [1.29, 1.82) is 0 Å². The molecule has 1 aliphatic carbocycles. The fourth-order valence-corrected chi connectivity index (χ4v) is 5.76. The van der Waals surface area contributed by atoms with E-state index in [1.807, 2.05) is 13.8 Å². The molecule has 2 aliphatic rings. The van der Waals surface area contributed by atoms with Crippen LogP contribution in [-0.4, -0.2) is 46.1 Å². The Balaban J connectivity index is 1.58. The van der Waals surface area contributed by atoms with Gasteiger partial charge in [-0.05, 0) is 25.3 Å². The van der Waals surface area contributed by atoms with Crippen LogP contribution in [0.15, 0.2) is 29.5 Å². The van der Waals surface area contributed by atoms with Crippen LogP contribution in [0.1, 0.15) is 43.2 Å². The summed E-state index contributed by atoms with van der Waals surface area (Å²) in [6, 6.07) is 2.32. The van der Waals surface area contributed by atoms with Gasteiger partial charge >= 0.3 is 0 Å². The fraction of sp³-hybridized carbons (Fsp3) is 0.478. The maximum absolute atomic E-state index is 15.0. The Hall–Kier alpha value is -2.79. The Kier molecular flexibility index (Phi) is 6.52. The van der Waals surface area contributed by atoms with Crippen molar-refractivity contribution in [2.45, 2.75) is 37.5 Å². The third kappa shape index (κ3) is 4.58. The van der Waals surface area contributed by atoms with E-state index >= 15 is 4.39 Å². The van der Waals surface area contributed by atoms with Crippen LogP contribution >= 0.6 is 11.8 Å². The molecule has 182 valence electrons. The topological polar surface area (TPSA) is 112 Å². The van der Waals surface area contributed by atoms with Crippen molar-refractivity contribution >= 4 is 28.5 Å². The summed E-state index contributed by atoms with van der Waals surface area (Å²) in [5, 5.41) is 2.86. The number of anilines is 1. The molecule has 1 amide bonds. The lowest BCUT2D eigenvalue weighted by atomic mass is 9.85. The molecule has 2 aromatic rings. The molecule has 3 N–H and O–H groups in total. The van der Waals surface area contributed by atoms with E-state index in [0.29, 0.717) is 31.4 Å². The van der Waals surface area contributed by atoms with E-state index < -0.39 is 23.1 Å². The molecule has 0 unspecified atom stereocenters. The predicted molar refractivity (Wildman–Crippen MR) is 126 cm³/mol. The van der Waals surface area contributed by atoms with Crippen LogP contribution in [0.2, 0.25) is 0 Å². The van der Waals surface area contributed by atoms with E-state index in [1.54, 1.807) is 14.0 Å². The average Bonchev–Trinajstić information content (AvgIpc) is 3.49. The molecule has 1 fully saturated rings. The lowest BCUT2D eigenvalue weighted by Gasteiger charge is -2.34. The quantitative estimate of drug-likeness (QED) is 0.579. The van der Waals surface area contributed by atoms with Gasteiger partial charge in [-0.1, -0.05) is 25.6 Å². The number of amides is 1. The molecule has 0 spiro atoms. The number of hydrogen-bond acceptors (Lipinski definition) is 8. The highest BCUT2D eigenvalue weighted by molar-refractivity contribution is 8.15. The second kappa shape index (κ2) is 9.10. The van der Waals surface area contributed by atoms with Gasteiger partial charge in [-0.25, -0.2) is 18.7 Å². The lowest BCUT2D eigenvalue weighted by Crippen LogP contribution is -2.38. The minimum absolute atomic E-state index is 0.00651. The molecule has 3 atom stereocenters. The van der Waals surface area contributed by atoms with E-state index in [-0.39, 0.29) is 32.8 Å². The normalized spacial score (nSPS) is 25.5. The number of benzene rings is 1. The van der Waals surface area contributed by atoms with Crippen molar-refractivity contribution in [3.8, 4) is 5.88 Å². The van der Waals surface area contributed by atoms with Crippen LogP contribution in [-0.2, 0) is 10.3 Å². The first-order valence-electron chi connectivity index (χ1n) is 10.9. The van der Waals surface area contributed by atoms with E-state index in [0.717, 1.165) is 6.07 Å². The number of methoxy groups -OCH3 is 1. The van der Waals surface area contributed by atoms with Gasteiger partial charge in [0, 0.05) is 30.3 Å². The number of fused-ring (bicyclic) bond motifs is 1. The second-order valence-electron chi connectivity index (χ2n) is 9.17. The number of ether oxygens (including phenoxy) is 2. The van der Waals surface area contributed by atoms with Gasteiger partial charge in [0.2, 0.25) is 5.88 Å². The van der Waals surface area contributed by atoms with Crippen LogP contribution in [0.3, 0.4) is 0 Å². The molecule has 11 heteroatoms. The highest BCUT2D eigenvalue weighted by Crippen LogP contribution is 2.66. The number of amidine groups is 1.